The molecule has 0 bridgehead atoms. The van der Waals surface area contributed by atoms with Gasteiger partial charge in [-0.1, -0.05) is 23.7 Å². The summed E-state index contributed by atoms with van der Waals surface area (Å²) in [7, 11) is 1.78. The van der Waals surface area contributed by atoms with E-state index in [-0.39, 0.29) is 18.0 Å². The number of pyridine rings is 1. The van der Waals surface area contributed by atoms with Crippen LogP contribution in [0.15, 0.2) is 42.6 Å². The zero-order valence-corrected chi connectivity index (χ0v) is 18.4. The van der Waals surface area contributed by atoms with Crippen LogP contribution in [0.1, 0.15) is 34.5 Å². The van der Waals surface area contributed by atoms with E-state index in [2.05, 4.69) is 15.3 Å². The van der Waals surface area contributed by atoms with Crippen molar-refractivity contribution in [2.45, 2.75) is 32.4 Å². The number of aromatic nitrogens is 2. The number of fused-ring (bicyclic) bond motifs is 1. The lowest BCUT2D eigenvalue weighted by molar-refractivity contribution is 0.0631. The first-order chi connectivity index (χ1) is 14.9. The molecule has 1 aliphatic heterocycles. The van der Waals surface area contributed by atoms with Gasteiger partial charge in [0, 0.05) is 43.3 Å². The Morgan fingerprint density at radius 1 is 1.29 bits per heavy atom. The van der Waals surface area contributed by atoms with Gasteiger partial charge in [0.25, 0.3) is 5.91 Å². The molecule has 0 aliphatic carbocycles. The molecule has 1 aliphatic rings. The summed E-state index contributed by atoms with van der Waals surface area (Å²) in [6, 6.07) is 11.1. The second-order valence-corrected chi connectivity index (χ2v) is 8.42. The number of H-pyrrole nitrogens is 1. The molecule has 3 heterocycles. The van der Waals surface area contributed by atoms with E-state index in [0.717, 1.165) is 29.4 Å². The fraction of sp³-hybridized carbons (Fsp3) is 0.348. The van der Waals surface area contributed by atoms with E-state index in [0.29, 0.717) is 36.0 Å². The second-order valence-electron chi connectivity index (χ2n) is 8.01. The van der Waals surface area contributed by atoms with E-state index in [4.69, 9.17) is 11.6 Å². The third-order valence-corrected chi connectivity index (χ3v) is 6.27. The number of benzene rings is 1. The van der Waals surface area contributed by atoms with Crippen LogP contribution in [0.25, 0.3) is 11.0 Å². The third kappa shape index (κ3) is 4.66. The number of amides is 3. The summed E-state index contributed by atoms with van der Waals surface area (Å²) in [5.74, 6) is -0.105. The number of nitrogens with zero attached hydrogens (tertiary/aromatic N) is 3. The van der Waals surface area contributed by atoms with Crippen molar-refractivity contribution in [1.29, 1.82) is 0 Å². The largest absolute Gasteiger partial charge is 0.346 e. The lowest BCUT2D eigenvalue weighted by Gasteiger charge is -2.37. The van der Waals surface area contributed by atoms with Crippen molar-refractivity contribution >= 4 is 34.6 Å². The van der Waals surface area contributed by atoms with Crippen molar-refractivity contribution in [2.24, 2.45) is 0 Å². The molecule has 4 rings (SSSR count). The zero-order valence-electron chi connectivity index (χ0n) is 17.7. The van der Waals surface area contributed by atoms with Crippen LogP contribution in [0.3, 0.4) is 0 Å². The number of likely N-dealkylation sites (tertiary alicyclic amines) is 1. The molecule has 162 valence electrons. The minimum atomic E-state index is -0.155. The van der Waals surface area contributed by atoms with Gasteiger partial charge in [0.2, 0.25) is 0 Å². The quantitative estimate of drug-likeness (QED) is 0.645. The smallest absolute Gasteiger partial charge is 0.317 e. The number of hydrogen-bond donors (Lipinski definition) is 2. The molecule has 0 spiro atoms. The molecule has 0 saturated carbocycles. The van der Waals surface area contributed by atoms with Gasteiger partial charge >= 0.3 is 6.03 Å². The molecule has 1 aromatic carbocycles. The number of carbonyl (C=O) groups is 2. The Hall–Kier alpha value is -3.06. The van der Waals surface area contributed by atoms with E-state index in [1.54, 1.807) is 22.9 Å². The van der Waals surface area contributed by atoms with Crippen molar-refractivity contribution in [3.8, 4) is 0 Å². The number of urea groups is 1. The first kappa shape index (κ1) is 21.2. The van der Waals surface area contributed by atoms with Gasteiger partial charge in [-0.2, -0.15) is 0 Å². The topological polar surface area (TPSA) is 81.3 Å². The maximum atomic E-state index is 13.0. The van der Waals surface area contributed by atoms with Gasteiger partial charge in [0.1, 0.15) is 11.3 Å². The first-order valence-corrected chi connectivity index (χ1v) is 10.8. The number of carbonyl (C=O) groups excluding carboxylic acids is 2. The predicted octanol–water partition coefficient (Wildman–Crippen LogP) is 3.97. The lowest BCUT2D eigenvalue weighted by Crippen LogP contribution is -2.52. The highest BCUT2D eigenvalue weighted by atomic mass is 35.5. The molecular formula is C23H26ClN5O2. The number of piperidine rings is 1. The summed E-state index contributed by atoms with van der Waals surface area (Å²) in [4.78, 5) is 36.7. The second kappa shape index (κ2) is 8.98. The molecular weight excluding hydrogens is 414 g/mol. The molecule has 2 aromatic heterocycles. The maximum Gasteiger partial charge on any atom is 0.317 e. The van der Waals surface area contributed by atoms with Gasteiger partial charge in [-0.15, -0.1) is 0 Å². The maximum absolute atomic E-state index is 13.0. The fourth-order valence-corrected chi connectivity index (χ4v) is 4.07. The minimum Gasteiger partial charge on any atom is -0.346 e. The summed E-state index contributed by atoms with van der Waals surface area (Å²) in [6.07, 6.45) is 3.51. The van der Waals surface area contributed by atoms with Gasteiger partial charge in [0.05, 0.1) is 6.04 Å². The highest BCUT2D eigenvalue weighted by Gasteiger charge is 2.29. The summed E-state index contributed by atoms with van der Waals surface area (Å²) >= 11 is 6.07. The molecule has 0 radical (unpaired) electrons. The number of aryl methyl sites for hydroxylation is 1. The monoisotopic (exact) mass is 439 g/mol. The molecule has 8 heteroatoms. The molecule has 1 atom stereocenters. The Morgan fingerprint density at radius 3 is 2.94 bits per heavy atom. The number of rotatable bonds is 4. The number of halogens is 1. The third-order valence-electron chi connectivity index (χ3n) is 5.85. The number of aromatic amines is 1. The van der Waals surface area contributed by atoms with Crippen LogP contribution in [-0.4, -0.2) is 57.9 Å². The first-order valence-electron chi connectivity index (χ1n) is 10.4. The highest BCUT2D eigenvalue weighted by Crippen LogP contribution is 2.19. The van der Waals surface area contributed by atoms with Crippen molar-refractivity contribution in [2.75, 3.05) is 20.1 Å². The van der Waals surface area contributed by atoms with Crippen LogP contribution in [0.5, 0.6) is 0 Å². The van der Waals surface area contributed by atoms with Crippen molar-refractivity contribution in [3.63, 3.8) is 0 Å². The van der Waals surface area contributed by atoms with Crippen LogP contribution in [0.2, 0.25) is 5.02 Å². The van der Waals surface area contributed by atoms with E-state index in [9.17, 15) is 9.59 Å². The van der Waals surface area contributed by atoms with Crippen LogP contribution >= 0.6 is 11.6 Å². The Morgan fingerprint density at radius 2 is 2.13 bits per heavy atom. The standard InChI is InChI=1S/C23H26ClN5O2/c1-15-12-16(5-7-19(15)24)13-26-23(31)28(2)18-4-3-11-29(14-18)22(30)20-8-6-17-9-10-25-21(17)27-20/h5-10,12,18H,3-4,11,13-14H2,1-2H3,(H,25,27)(H,26,31)/t18-/m1/s1. The van der Waals surface area contributed by atoms with Crippen molar-refractivity contribution < 1.29 is 9.59 Å². The van der Waals surface area contributed by atoms with Gasteiger partial charge in [-0.05, 0) is 55.2 Å². The number of likely N-dealkylation sites (N-methyl/N-ethyl adjacent to an activating group) is 1. The van der Waals surface area contributed by atoms with Crippen molar-refractivity contribution in [1.82, 2.24) is 25.1 Å². The lowest BCUT2D eigenvalue weighted by atomic mass is 10.0. The molecule has 3 aromatic rings. The molecule has 0 unspecified atom stereocenters. The average molecular weight is 440 g/mol. The molecule has 7 nitrogen and oxygen atoms in total. The van der Waals surface area contributed by atoms with Crippen LogP contribution in [0.4, 0.5) is 4.79 Å². The fourth-order valence-electron chi connectivity index (χ4n) is 3.95. The van der Waals surface area contributed by atoms with Crippen molar-refractivity contribution in [3.05, 3.63) is 64.4 Å². The van der Waals surface area contributed by atoms with E-state index in [1.807, 2.05) is 43.5 Å². The molecule has 31 heavy (non-hydrogen) atoms. The van der Waals surface area contributed by atoms with Gasteiger partial charge in [0.15, 0.2) is 0 Å². The SMILES string of the molecule is Cc1cc(CNC(=O)N(C)[C@@H]2CCCN(C(=O)c3ccc4cc[nH]c4n3)C2)ccc1Cl. The minimum absolute atomic E-state index is 0.0427. The summed E-state index contributed by atoms with van der Waals surface area (Å²) in [5, 5.41) is 4.64. The Bertz CT molecular complexity index is 1110. The van der Waals surface area contributed by atoms with E-state index < -0.39 is 0 Å². The molecule has 1 fully saturated rings. The van der Waals surface area contributed by atoms with Gasteiger partial charge in [-0.3, -0.25) is 4.79 Å². The number of hydrogen-bond acceptors (Lipinski definition) is 3. The van der Waals surface area contributed by atoms with E-state index >= 15 is 0 Å². The van der Waals surface area contributed by atoms with Gasteiger partial charge in [-0.25, -0.2) is 9.78 Å². The summed E-state index contributed by atoms with van der Waals surface area (Å²) < 4.78 is 0. The zero-order chi connectivity index (χ0) is 22.0. The van der Waals surface area contributed by atoms with Gasteiger partial charge < -0.3 is 20.1 Å². The Labute approximate surface area is 186 Å². The summed E-state index contributed by atoms with van der Waals surface area (Å²) in [5.41, 5.74) is 3.10. The Kier molecular flexibility index (Phi) is 6.13. The molecule has 1 saturated heterocycles. The summed E-state index contributed by atoms with van der Waals surface area (Å²) in [6.45, 7) is 3.53. The predicted molar refractivity (Wildman–Crippen MR) is 121 cm³/mol. The highest BCUT2D eigenvalue weighted by molar-refractivity contribution is 6.31. The van der Waals surface area contributed by atoms with E-state index in [1.165, 1.54) is 0 Å². The Balaban J connectivity index is 1.36. The van der Waals surface area contributed by atoms with Crippen LogP contribution in [-0.2, 0) is 6.54 Å². The van der Waals surface area contributed by atoms with Crippen LogP contribution in [0, 0.1) is 6.92 Å². The average Bonchev–Trinajstić information content (AvgIpc) is 3.26. The molecule has 3 amide bonds. The van der Waals surface area contributed by atoms with Crippen LogP contribution < -0.4 is 5.32 Å². The normalized spacial score (nSPS) is 16.4. The number of nitrogens with one attached hydrogen (secondary N) is 2. The molecule has 2 N–H and O–H groups in total.